The first-order valence-corrected chi connectivity index (χ1v) is 5.37. The first kappa shape index (κ1) is 8.85. The van der Waals surface area contributed by atoms with Crippen molar-refractivity contribution in [1.82, 2.24) is 9.97 Å². The number of nitrogens with zero attached hydrogens (tertiary/aromatic N) is 1. The van der Waals surface area contributed by atoms with Crippen LogP contribution in [0.2, 0.25) is 0 Å². The van der Waals surface area contributed by atoms with E-state index in [9.17, 15) is 0 Å². The van der Waals surface area contributed by atoms with Crippen LogP contribution in [0.25, 0.3) is 11.4 Å². The fourth-order valence-electron chi connectivity index (χ4n) is 1.63. The second kappa shape index (κ2) is 3.31. The van der Waals surface area contributed by atoms with Gasteiger partial charge in [-0.05, 0) is 30.9 Å². The lowest BCUT2D eigenvalue weighted by atomic mass is 10.2. The molecule has 2 heterocycles. The molecule has 0 radical (unpaired) electrons. The summed E-state index contributed by atoms with van der Waals surface area (Å²) < 4.78 is 5.68. The zero-order valence-corrected chi connectivity index (χ0v) is 8.88. The third-order valence-electron chi connectivity index (χ3n) is 2.58. The maximum absolute atomic E-state index is 5.15. The van der Waals surface area contributed by atoms with Crippen molar-refractivity contribution in [2.24, 2.45) is 0 Å². The highest BCUT2D eigenvalue weighted by Crippen LogP contribution is 2.39. The fraction of sp³-hybridized carbons (Fsp3) is 0.273. The Morgan fingerprint density at radius 2 is 2.33 bits per heavy atom. The SMILES string of the molecule is S=c1cc(C2CC2)[nH]c(-c2ccoc2)n1. The smallest absolute Gasteiger partial charge is 0.142 e. The minimum Gasteiger partial charge on any atom is -0.472 e. The van der Waals surface area contributed by atoms with Gasteiger partial charge in [-0.3, -0.25) is 0 Å². The molecule has 1 fully saturated rings. The summed E-state index contributed by atoms with van der Waals surface area (Å²) in [7, 11) is 0. The lowest BCUT2D eigenvalue weighted by Gasteiger charge is -2.02. The van der Waals surface area contributed by atoms with Crippen molar-refractivity contribution < 1.29 is 4.42 Å². The Kier molecular flexibility index (Phi) is 1.95. The third kappa shape index (κ3) is 1.72. The number of aromatic nitrogens is 2. The Bertz CT molecular complexity index is 526. The normalized spacial score (nSPS) is 15.5. The standard InChI is InChI=1S/C11H10N2OS/c15-10-5-9(7-1-2-7)12-11(13-10)8-3-4-14-6-8/h3-7H,1-2H2,(H,12,13,15). The summed E-state index contributed by atoms with van der Waals surface area (Å²) in [4.78, 5) is 7.60. The fourth-order valence-corrected chi connectivity index (χ4v) is 1.84. The molecule has 3 nitrogen and oxygen atoms in total. The summed E-state index contributed by atoms with van der Waals surface area (Å²) in [5.74, 6) is 1.46. The molecule has 1 aliphatic carbocycles. The zero-order chi connectivity index (χ0) is 10.3. The summed E-state index contributed by atoms with van der Waals surface area (Å²) in [6, 6.07) is 3.83. The van der Waals surface area contributed by atoms with Gasteiger partial charge in [-0.2, -0.15) is 0 Å². The Balaban J connectivity index is 2.11. The van der Waals surface area contributed by atoms with Crippen LogP contribution in [-0.2, 0) is 0 Å². The summed E-state index contributed by atoms with van der Waals surface area (Å²) in [5, 5.41) is 0. The van der Waals surface area contributed by atoms with Crippen LogP contribution in [0.4, 0.5) is 0 Å². The van der Waals surface area contributed by atoms with Gasteiger partial charge < -0.3 is 9.40 Å². The quantitative estimate of drug-likeness (QED) is 0.786. The second-order valence-corrected chi connectivity index (χ2v) is 4.23. The van der Waals surface area contributed by atoms with Gasteiger partial charge in [0.05, 0.1) is 11.8 Å². The average Bonchev–Trinajstić information content (AvgIpc) is 2.93. The molecule has 76 valence electrons. The Hall–Kier alpha value is -1.42. The van der Waals surface area contributed by atoms with Crippen LogP contribution in [0.5, 0.6) is 0 Å². The molecular formula is C11H10N2OS. The first-order chi connectivity index (χ1) is 7.33. The molecule has 4 heteroatoms. The number of furan rings is 1. The molecule has 0 atom stereocenters. The van der Waals surface area contributed by atoms with Crippen molar-refractivity contribution >= 4 is 12.2 Å². The minimum atomic E-state index is 0.645. The van der Waals surface area contributed by atoms with Crippen LogP contribution >= 0.6 is 12.2 Å². The highest BCUT2D eigenvalue weighted by Gasteiger charge is 2.24. The van der Waals surface area contributed by atoms with Gasteiger partial charge in [0.15, 0.2) is 0 Å². The van der Waals surface area contributed by atoms with Gasteiger partial charge in [0.25, 0.3) is 0 Å². The van der Waals surface area contributed by atoms with E-state index >= 15 is 0 Å². The van der Waals surface area contributed by atoms with Gasteiger partial charge in [-0.1, -0.05) is 12.2 Å². The number of hydrogen-bond acceptors (Lipinski definition) is 3. The topological polar surface area (TPSA) is 41.8 Å². The summed E-state index contributed by atoms with van der Waals surface area (Å²) in [5.41, 5.74) is 2.15. The summed E-state index contributed by atoms with van der Waals surface area (Å²) in [6.07, 6.45) is 5.81. The molecule has 0 unspecified atom stereocenters. The van der Waals surface area contributed by atoms with Gasteiger partial charge in [0.1, 0.15) is 16.7 Å². The minimum absolute atomic E-state index is 0.645. The van der Waals surface area contributed by atoms with Crippen molar-refractivity contribution in [3.8, 4) is 11.4 Å². The Morgan fingerprint density at radius 1 is 1.47 bits per heavy atom. The molecule has 0 aromatic carbocycles. The molecule has 0 spiro atoms. The van der Waals surface area contributed by atoms with Crippen LogP contribution in [0.15, 0.2) is 29.1 Å². The van der Waals surface area contributed by atoms with Crippen LogP contribution in [0, 0.1) is 4.64 Å². The number of aromatic amines is 1. The molecule has 0 bridgehead atoms. The highest BCUT2D eigenvalue weighted by atomic mass is 32.1. The van der Waals surface area contributed by atoms with Gasteiger partial charge in [0, 0.05) is 5.69 Å². The third-order valence-corrected chi connectivity index (χ3v) is 2.78. The monoisotopic (exact) mass is 218 g/mol. The van der Waals surface area contributed by atoms with E-state index in [4.69, 9.17) is 16.6 Å². The van der Waals surface area contributed by atoms with Crippen LogP contribution in [-0.4, -0.2) is 9.97 Å². The van der Waals surface area contributed by atoms with Crippen molar-refractivity contribution in [3.05, 3.63) is 35.0 Å². The largest absolute Gasteiger partial charge is 0.472 e. The maximum atomic E-state index is 5.15. The first-order valence-electron chi connectivity index (χ1n) is 4.97. The van der Waals surface area contributed by atoms with E-state index in [1.165, 1.54) is 18.5 Å². The van der Waals surface area contributed by atoms with Crippen molar-refractivity contribution in [2.75, 3.05) is 0 Å². The number of nitrogens with one attached hydrogen (secondary N) is 1. The summed E-state index contributed by atoms with van der Waals surface area (Å²) in [6.45, 7) is 0. The highest BCUT2D eigenvalue weighted by molar-refractivity contribution is 7.71. The molecule has 1 aliphatic rings. The van der Waals surface area contributed by atoms with Crippen LogP contribution < -0.4 is 0 Å². The molecular weight excluding hydrogens is 208 g/mol. The maximum Gasteiger partial charge on any atom is 0.142 e. The molecule has 2 aromatic rings. The second-order valence-electron chi connectivity index (χ2n) is 3.81. The Labute approximate surface area is 92.2 Å². The number of hydrogen-bond donors (Lipinski definition) is 1. The van der Waals surface area contributed by atoms with Crippen LogP contribution in [0.1, 0.15) is 24.5 Å². The molecule has 3 rings (SSSR count). The molecule has 2 aromatic heterocycles. The van der Waals surface area contributed by atoms with Gasteiger partial charge >= 0.3 is 0 Å². The van der Waals surface area contributed by atoms with E-state index in [1.54, 1.807) is 12.5 Å². The van der Waals surface area contributed by atoms with Gasteiger partial charge in [-0.15, -0.1) is 0 Å². The lowest BCUT2D eigenvalue weighted by Crippen LogP contribution is -1.93. The van der Waals surface area contributed by atoms with Crippen LogP contribution in [0.3, 0.4) is 0 Å². The lowest BCUT2D eigenvalue weighted by molar-refractivity contribution is 0.568. The van der Waals surface area contributed by atoms with E-state index in [1.807, 2.05) is 12.1 Å². The molecule has 0 aliphatic heterocycles. The predicted molar refractivity (Wildman–Crippen MR) is 59.1 cm³/mol. The van der Waals surface area contributed by atoms with Gasteiger partial charge in [-0.25, -0.2) is 4.98 Å². The van der Waals surface area contributed by atoms with E-state index in [0.29, 0.717) is 10.6 Å². The molecule has 0 amide bonds. The van der Waals surface area contributed by atoms with Gasteiger partial charge in [0.2, 0.25) is 0 Å². The summed E-state index contributed by atoms with van der Waals surface area (Å²) >= 11 is 5.15. The Morgan fingerprint density at radius 3 is 3.00 bits per heavy atom. The molecule has 15 heavy (non-hydrogen) atoms. The number of rotatable bonds is 2. The zero-order valence-electron chi connectivity index (χ0n) is 8.06. The molecule has 1 N–H and O–H groups in total. The van der Waals surface area contributed by atoms with Crippen molar-refractivity contribution in [1.29, 1.82) is 0 Å². The van der Waals surface area contributed by atoms with Crippen molar-refractivity contribution in [2.45, 2.75) is 18.8 Å². The van der Waals surface area contributed by atoms with E-state index in [0.717, 1.165) is 11.4 Å². The average molecular weight is 218 g/mol. The van der Waals surface area contributed by atoms with Crippen molar-refractivity contribution in [3.63, 3.8) is 0 Å². The van der Waals surface area contributed by atoms with E-state index in [2.05, 4.69) is 9.97 Å². The van der Waals surface area contributed by atoms with E-state index in [-0.39, 0.29) is 0 Å². The molecule has 0 saturated heterocycles. The predicted octanol–water partition coefficient (Wildman–Crippen LogP) is 3.28. The van der Waals surface area contributed by atoms with E-state index < -0.39 is 0 Å². The molecule has 1 saturated carbocycles. The number of H-pyrrole nitrogens is 1.